The van der Waals surface area contributed by atoms with Crippen LogP contribution in [0.2, 0.25) is 0 Å². The fourth-order valence-electron chi connectivity index (χ4n) is 1.74. The van der Waals surface area contributed by atoms with Crippen molar-refractivity contribution >= 4 is 38.9 Å². The van der Waals surface area contributed by atoms with Gasteiger partial charge in [0.2, 0.25) is 0 Å². The zero-order valence-corrected chi connectivity index (χ0v) is 12.5. The van der Waals surface area contributed by atoms with Gasteiger partial charge < -0.3 is 0 Å². The maximum atomic E-state index is 6.54. The van der Waals surface area contributed by atoms with E-state index in [9.17, 15) is 0 Å². The van der Waals surface area contributed by atoms with Gasteiger partial charge in [-0.05, 0) is 39.7 Å². The molecule has 15 heavy (non-hydrogen) atoms. The monoisotopic (exact) mass is 308 g/mol. The summed E-state index contributed by atoms with van der Waals surface area (Å²) in [5, 5.41) is 2.28. The zero-order chi connectivity index (χ0) is 11.3. The highest BCUT2D eigenvalue weighted by Gasteiger charge is 2.21. The molecule has 0 saturated carbocycles. The van der Waals surface area contributed by atoms with E-state index in [1.54, 1.807) is 11.3 Å². The minimum atomic E-state index is 0.177. The van der Waals surface area contributed by atoms with Gasteiger partial charge in [-0.25, -0.2) is 0 Å². The van der Waals surface area contributed by atoms with Crippen LogP contribution >= 0.6 is 38.9 Å². The van der Waals surface area contributed by atoms with E-state index in [0.717, 1.165) is 0 Å². The Morgan fingerprint density at radius 2 is 2.20 bits per heavy atom. The molecule has 0 aliphatic carbocycles. The zero-order valence-electron chi connectivity index (χ0n) is 9.30. The summed E-state index contributed by atoms with van der Waals surface area (Å²) in [6.07, 6.45) is 4.94. The summed E-state index contributed by atoms with van der Waals surface area (Å²) in [6, 6.07) is 2.09. The molecular weight excluding hydrogens is 292 g/mol. The first kappa shape index (κ1) is 13.5. The highest BCUT2D eigenvalue weighted by atomic mass is 79.9. The highest BCUT2D eigenvalue weighted by Crippen LogP contribution is 2.40. The summed E-state index contributed by atoms with van der Waals surface area (Å²) in [7, 11) is 0. The topological polar surface area (TPSA) is 0 Å². The molecule has 0 bridgehead atoms. The third-order valence-corrected chi connectivity index (χ3v) is 5.42. The van der Waals surface area contributed by atoms with Crippen molar-refractivity contribution in [2.75, 3.05) is 0 Å². The van der Waals surface area contributed by atoms with Gasteiger partial charge >= 0.3 is 0 Å². The molecule has 0 saturated heterocycles. The molecule has 0 N–H and O–H groups in total. The van der Waals surface area contributed by atoms with Crippen molar-refractivity contribution in [1.29, 1.82) is 0 Å². The first-order chi connectivity index (χ1) is 7.20. The van der Waals surface area contributed by atoms with Gasteiger partial charge in [-0.1, -0.05) is 33.1 Å². The van der Waals surface area contributed by atoms with Crippen LogP contribution in [-0.4, -0.2) is 0 Å². The van der Waals surface area contributed by atoms with E-state index in [-0.39, 0.29) is 5.38 Å². The minimum absolute atomic E-state index is 0.177. The van der Waals surface area contributed by atoms with Crippen molar-refractivity contribution in [3.63, 3.8) is 0 Å². The van der Waals surface area contributed by atoms with Gasteiger partial charge in [0.05, 0.1) is 5.38 Å². The molecule has 1 rings (SSSR count). The van der Waals surface area contributed by atoms with Gasteiger partial charge in [-0.3, -0.25) is 0 Å². The molecule has 3 heteroatoms. The van der Waals surface area contributed by atoms with E-state index < -0.39 is 0 Å². The molecular formula is C12H18BrClS. The summed E-state index contributed by atoms with van der Waals surface area (Å²) < 4.78 is 1.17. The number of thiophene rings is 1. The smallest absolute Gasteiger partial charge is 0.0717 e. The molecule has 0 aromatic carbocycles. The summed E-state index contributed by atoms with van der Waals surface area (Å²) in [4.78, 5) is 1.29. The predicted molar refractivity (Wildman–Crippen MR) is 73.9 cm³/mol. The molecule has 2 unspecified atom stereocenters. The number of rotatable bonds is 6. The van der Waals surface area contributed by atoms with Crippen LogP contribution in [0.3, 0.4) is 0 Å². The lowest BCUT2D eigenvalue weighted by atomic mass is 9.95. The summed E-state index contributed by atoms with van der Waals surface area (Å²) in [5.41, 5.74) is 0. The fraction of sp³-hybridized carbons (Fsp3) is 0.667. The number of hydrogen-bond acceptors (Lipinski definition) is 1. The maximum absolute atomic E-state index is 6.54. The normalized spacial score (nSPS) is 15.2. The predicted octanol–water partition coefficient (Wildman–Crippen LogP) is 6.01. The van der Waals surface area contributed by atoms with E-state index in [1.165, 1.54) is 35.0 Å². The first-order valence-corrected chi connectivity index (χ1v) is 7.68. The van der Waals surface area contributed by atoms with Crippen LogP contribution in [0.25, 0.3) is 0 Å². The van der Waals surface area contributed by atoms with E-state index >= 15 is 0 Å². The van der Waals surface area contributed by atoms with Gasteiger partial charge in [0.15, 0.2) is 0 Å². The Hall–Kier alpha value is 0.470. The quantitative estimate of drug-likeness (QED) is 0.565. The second kappa shape index (κ2) is 6.93. The van der Waals surface area contributed by atoms with Gasteiger partial charge in [0, 0.05) is 9.35 Å². The van der Waals surface area contributed by atoms with Crippen LogP contribution < -0.4 is 0 Å². The number of hydrogen-bond donors (Lipinski definition) is 0. The Bertz CT molecular complexity index is 285. The summed E-state index contributed by atoms with van der Waals surface area (Å²) in [5.74, 6) is 0.613. The number of halogens is 2. The van der Waals surface area contributed by atoms with Crippen LogP contribution in [0, 0.1) is 5.92 Å². The first-order valence-electron chi connectivity index (χ1n) is 5.57. The van der Waals surface area contributed by atoms with Crippen molar-refractivity contribution in [3.05, 3.63) is 20.8 Å². The van der Waals surface area contributed by atoms with Gasteiger partial charge in [0.25, 0.3) is 0 Å². The van der Waals surface area contributed by atoms with E-state index in [4.69, 9.17) is 11.6 Å². The fourth-order valence-corrected chi connectivity index (χ4v) is 4.14. The second-order valence-electron chi connectivity index (χ2n) is 3.85. The third kappa shape index (κ3) is 3.76. The van der Waals surface area contributed by atoms with Crippen LogP contribution in [0.15, 0.2) is 15.9 Å². The molecule has 0 radical (unpaired) electrons. The van der Waals surface area contributed by atoms with Crippen molar-refractivity contribution in [2.24, 2.45) is 5.92 Å². The van der Waals surface area contributed by atoms with E-state index in [0.29, 0.717) is 5.92 Å². The largest absolute Gasteiger partial charge is 0.146 e. The van der Waals surface area contributed by atoms with Gasteiger partial charge in [0.1, 0.15) is 0 Å². The molecule has 1 aromatic heterocycles. The molecule has 1 aromatic rings. The number of unbranched alkanes of at least 4 members (excludes halogenated alkanes) is 1. The van der Waals surface area contributed by atoms with Crippen LogP contribution in [0.1, 0.15) is 49.8 Å². The van der Waals surface area contributed by atoms with Gasteiger partial charge in [-0.15, -0.1) is 22.9 Å². The average Bonchev–Trinajstić information content (AvgIpc) is 2.65. The Balaban J connectivity index is 2.64. The molecule has 0 amide bonds. The summed E-state index contributed by atoms with van der Waals surface area (Å²) >= 11 is 11.8. The Labute approximate surface area is 110 Å². The standard InChI is InChI=1S/C12H18BrClS/c1-3-5-6-9(4-2)11(14)12-10(13)7-8-15-12/h7-9,11H,3-6H2,1-2H3. The van der Waals surface area contributed by atoms with Crippen molar-refractivity contribution < 1.29 is 0 Å². The molecule has 0 spiro atoms. The molecule has 0 nitrogen and oxygen atoms in total. The molecule has 86 valence electrons. The second-order valence-corrected chi connectivity index (χ2v) is 6.12. The summed E-state index contributed by atoms with van der Waals surface area (Å²) in [6.45, 7) is 4.47. The van der Waals surface area contributed by atoms with Crippen LogP contribution in [0.4, 0.5) is 0 Å². The van der Waals surface area contributed by atoms with Crippen LogP contribution in [-0.2, 0) is 0 Å². The average molecular weight is 310 g/mol. The van der Waals surface area contributed by atoms with Crippen molar-refractivity contribution in [2.45, 2.75) is 44.9 Å². The molecule has 0 fully saturated rings. The Morgan fingerprint density at radius 3 is 2.67 bits per heavy atom. The van der Waals surface area contributed by atoms with E-state index in [2.05, 4.69) is 41.2 Å². The Kier molecular flexibility index (Phi) is 6.25. The lowest BCUT2D eigenvalue weighted by Crippen LogP contribution is -2.06. The van der Waals surface area contributed by atoms with Crippen molar-refractivity contribution in [3.8, 4) is 0 Å². The third-order valence-electron chi connectivity index (χ3n) is 2.76. The Morgan fingerprint density at radius 1 is 1.47 bits per heavy atom. The lowest BCUT2D eigenvalue weighted by Gasteiger charge is -2.20. The molecule has 2 atom stereocenters. The number of alkyl halides is 1. The maximum Gasteiger partial charge on any atom is 0.0717 e. The molecule has 1 heterocycles. The highest BCUT2D eigenvalue weighted by molar-refractivity contribution is 9.10. The molecule has 0 aliphatic rings. The van der Waals surface area contributed by atoms with E-state index in [1.807, 2.05) is 0 Å². The van der Waals surface area contributed by atoms with Crippen LogP contribution in [0.5, 0.6) is 0 Å². The van der Waals surface area contributed by atoms with Crippen molar-refractivity contribution in [1.82, 2.24) is 0 Å². The minimum Gasteiger partial charge on any atom is -0.146 e. The molecule has 0 aliphatic heterocycles. The SMILES string of the molecule is CCCCC(CC)C(Cl)c1sccc1Br. The van der Waals surface area contributed by atoms with Gasteiger partial charge in [-0.2, -0.15) is 0 Å². The lowest BCUT2D eigenvalue weighted by molar-refractivity contribution is 0.439.